The summed E-state index contributed by atoms with van der Waals surface area (Å²) in [6.45, 7) is 5.95. The second-order valence-electron chi connectivity index (χ2n) is 3.77. The largest absolute Gasteiger partial charge is 0.298 e. The maximum absolute atomic E-state index is 11.5. The van der Waals surface area contributed by atoms with Crippen molar-refractivity contribution in [3.63, 3.8) is 0 Å². The maximum atomic E-state index is 11.5. The SMILES string of the molecule is CCCCCC(=O)C(C#N)C(C)C. The number of rotatable bonds is 6. The van der Waals surface area contributed by atoms with Gasteiger partial charge in [0.25, 0.3) is 0 Å². The first kappa shape index (κ1) is 12.2. The van der Waals surface area contributed by atoms with Crippen LogP contribution in [-0.2, 0) is 4.79 Å². The van der Waals surface area contributed by atoms with Crippen LogP contribution in [0, 0.1) is 23.2 Å². The maximum Gasteiger partial charge on any atom is 0.150 e. The summed E-state index contributed by atoms with van der Waals surface area (Å²) in [7, 11) is 0. The normalized spacial score (nSPS) is 12.5. The molecule has 0 aromatic carbocycles. The molecule has 0 aromatic heterocycles. The molecule has 1 atom stereocenters. The first-order chi connectivity index (χ1) is 6.13. The fourth-order valence-electron chi connectivity index (χ4n) is 1.30. The van der Waals surface area contributed by atoms with Gasteiger partial charge in [-0.3, -0.25) is 4.79 Å². The van der Waals surface area contributed by atoms with Crippen LogP contribution in [0.15, 0.2) is 0 Å². The van der Waals surface area contributed by atoms with E-state index in [-0.39, 0.29) is 11.7 Å². The summed E-state index contributed by atoms with van der Waals surface area (Å²) in [5, 5.41) is 8.75. The molecule has 0 spiro atoms. The number of carbonyl (C=O) groups excluding carboxylic acids is 1. The van der Waals surface area contributed by atoms with Crippen molar-refractivity contribution in [1.82, 2.24) is 0 Å². The van der Waals surface area contributed by atoms with Gasteiger partial charge < -0.3 is 0 Å². The minimum absolute atomic E-state index is 0.117. The van der Waals surface area contributed by atoms with Crippen molar-refractivity contribution >= 4 is 5.78 Å². The molecular formula is C11H19NO. The molecule has 2 nitrogen and oxygen atoms in total. The lowest BCUT2D eigenvalue weighted by Gasteiger charge is -2.10. The summed E-state index contributed by atoms with van der Waals surface area (Å²) >= 11 is 0. The van der Waals surface area contributed by atoms with Gasteiger partial charge in [0.2, 0.25) is 0 Å². The Kier molecular flexibility index (Phi) is 6.22. The van der Waals surface area contributed by atoms with Gasteiger partial charge in [-0.1, -0.05) is 33.6 Å². The number of ketones is 1. The molecule has 1 unspecified atom stereocenters. The predicted octanol–water partition coefficient (Wildman–Crippen LogP) is 2.93. The van der Waals surface area contributed by atoms with Gasteiger partial charge >= 0.3 is 0 Å². The molecular weight excluding hydrogens is 162 g/mol. The van der Waals surface area contributed by atoms with Crippen LogP contribution in [0.1, 0.15) is 46.5 Å². The summed E-state index contributed by atoms with van der Waals surface area (Å²) in [6, 6.07) is 2.08. The summed E-state index contributed by atoms with van der Waals surface area (Å²) in [5.74, 6) is -0.123. The van der Waals surface area contributed by atoms with Gasteiger partial charge in [-0.25, -0.2) is 0 Å². The third-order valence-electron chi connectivity index (χ3n) is 2.18. The van der Waals surface area contributed by atoms with E-state index in [1.807, 2.05) is 13.8 Å². The Balaban J connectivity index is 3.87. The molecule has 13 heavy (non-hydrogen) atoms. The highest BCUT2D eigenvalue weighted by Gasteiger charge is 2.20. The molecule has 0 saturated carbocycles. The van der Waals surface area contributed by atoms with Crippen molar-refractivity contribution in [2.24, 2.45) is 11.8 Å². The van der Waals surface area contributed by atoms with Gasteiger partial charge in [0.1, 0.15) is 11.7 Å². The first-order valence-electron chi connectivity index (χ1n) is 5.05. The Morgan fingerprint density at radius 1 is 1.38 bits per heavy atom. The van der Waals surface area contributed by atoms with E-state index in [9.17, 15) is 4.79 Å². The highest BCUT2D eigenvalue weighted by atomic mass is 16.1. The van der Waals surface area contributed by atoms with Gasteiger partial charge in [0.05, 0.1) is 6.07 Å². The molecule has 0 amide bonds. The molecule has 74 valence electrons. The highest BCUT2D eigenvalue weighted by molar-refractivity contribution is 5.83. The van der Waals surface area contributed by atoms with Crippen molar-refractivity contribution < 1.29 is 4.79 Å². The number of unbranched alkanes of at least 4 members (excludes halogenated alkanes) is 2. The predicted molar refractivity (Wildman–Crippen MR) is 53.1 cm³/mol. The number of nitrogens with zero attached hydrogens (tertiary/aromatic N) is 1. The third kappa shape index (κ3) is 4.67. The average Bonchev–Trinajstić information content (AvgIpc) is 2.05. The second-order valence-corrected chi connectivity index (χ2v) is 3.77. The molecule has 0 rings (SSSR count). The van der Waals surface area contributed by atoms with E-state index in [0.29, 0.717) is 6.42 Å². The van der Waals surface area contributed by atoms with Crippen molar-refractivity contribution in [2.75, 3.05) is 0 Å². The monoisotopic (exact) mass is 181 g/mol. The first-order valence-corrected chi connectivity index (χ1v) is 5.05. The van der Waals surface area contributed by atoms with Gasteiger partial charge in [0.15, 0.2) is 0 Å². The Morgan fingerprint density at radius 3 is 2.38 bits per heavy atom. The number of hydrogen-bond donors (Lipinski definition) is 0. The Bertz CT molecular complexity index is 191. The lowest BCUT2D eigenvalue weighted by atomic mass is 9.90. The Labute approximate surface area is 80.9 Å². The summed E-state index contributed by atoms with van der Waals surface area (Å²) in [5.41, 5.74) is 0. The Hall–Kier alpha value is -0.840. The van der Waals surface area contributed by atoms with Crippen molar-refractivity contribution in [1.29, 1.82) is 5.26 Å². The number of Topliss-reactive ketones (excluding diaryl/α,β-unsaturated/α-hetero) is 1. The highest BCUT2D eigenvalue weighted by Crippen LogP contribution is 2.14. The topological polar surface area (TPSA) is 40.9 Å². The molecule has 0 fully saturated rings. The zero-order valence-electron chi connectivity index (χ0n) is 8.84. The molecule has 0 aliphatic rings. The molecule has 0 N–H and O–H groups in total. The van der Waals surface area contributed by atoms with E-state index in [4.69, 9.17) is 5.26 Å². The van der Waals surface area contributed by atoms with Crippen molar-refractivity contribution in [3.05, 3.63) is 0 Å². The van der Waals surface area contributed by atoms with Crippen LogP contribution in [0.5, 0.6) is 0 Å². The third-order valence-corrected chi connectivity index (χ3v) is 2.18. The van der Waals surface area contributed by atoms with Gasteiger partial charge in [0, 0.05) is 6.42 Å². The summed E-state index contributed by atoms with van der Waals surface area (Å²) in [6.07, 6.45) is 3.71. The summed E-state index contributed by atoms with van der Waals surface area (Å²) < 4.78 is 0. The van der Waals surface area contributed by atoms with Crippen molar-refractivity contribution in [2.45, 2.75) is 46.5 Å². The van der Waals surface area contributed by atoms with Crippen LogP contribution in [0.3, 0.4) is 0 Å². The van der Waals surface area contributed by atoms with Crippen LogP contribution in [0.4, 0.5) is 0 Å². The zero-order chi connectivity index (χ0) is 10.3. The van der Waals surface area contributed by atoms with E-state index in [1.165, 1.54) is 0 Å². The molecule has 0 heterocycles. The fraction of sp³-hybridized carbons (Fsp3) is 0.818. The lowest BCUT2D eigenvalue weighted by molar-refractivity contribution is -0.122. The molecule has 0 bridgehead atoms. The van der Waals surface area contributed by atoms with Crippen LogP contribution in [0.2, 0.25) is 0 Å². The van der Waals surface area contributed by atoms with Gasteiger partial charge in [-0.15, -0.1) is 0 Å². The van der Waals surface area contributed by atoms with E-state index < -0.39 is 5.92 Å². The van der Waals surface area contributed by atoms with Crippen LogP contribution in [-0.4, -0.2) is 5.78 Å². The van der Waals surface area contributed by atoms with E-state index in [2.05, 4.69) is 13.0 Å². The van der Waals surface area contributed by atoms with Gasteiger partial charge in [-0.2, -0.15) is 5.26 Å². The molecule has 0 saturated heterocycles. The average molecular weight is 181 g/mol. The van der Waals surface area contributed by atoms with E-state index >= 15 is 0 Å². The Morgan fingerprint density at radius 2 is 2.00 bits per heavy atom. The fourth-order valence-corrected chi connectivity index (χ4v) is 1.30. The van der Waals surface area contributed by atoms with Crippen LogP contribution >= 0.6 is 0 Å². The zero-order valence-corrected chi connectivity index (χ0v) is 8.84. The molecule has 0 aliphatic carbocycles. The lowest BCUT2D eigenvalue weighted by Crippen LogP contribution is -2.18. The molecule has 0 aromatic rings. The minimum atomic E-state index is -0.392. The quantitative estimate of drug-likeness (QED) is 0.591. The smallest absolute Gasteiger partial charge is 0.150 e. The standard InChI is InChI=1S/C11H19NO/c1-4-5-6-7-11(13)10(8-12)9(2)3/h9-10H,4-7H2,1-3H3. The van der Waals surface area contributed by atoms with Crippen LogP contribution < -0.4 is 0 Å². The molecule has 0 aliphatic heterocycles. The van der Waals surface area contributed by atoms with Gasteiger partial charge in [-0.05, 0) is 12.3 Å². The second kappa shape index (κ2) is 6.65. The number of carbonyl (C=O) groups is 1. The van der Waals surface area contributed by atoms with Crippen molar-refractivity contribution in [3.8, 4) is 6.07 Å². The van der Waals surface area contributed by atoms with Crippen LogP contribution in [0.25, 0.3) is 0 Å². The molecule has 0 radical (unpaired) electrons. The summed E-state index contributed by atoms with van der Waals surface area (Å²) in [4.78, 5) is 11.5. The van der Waals surface area contributed by atoms with E-state index in [1.54, 1.807) is 0 Å². The minimum Gasteiger partial charge on any atom is -0.298 e. The molecule has 2 heteroatoms. The van der Waals surface area contributed by atoms with E-state index in [0.717, 1.165) is 19.3 Å². The number of hydrogen-bond acceptors (Lipinski definition) is 2. The number of nitriles is 1.